The molecule has 1 aromatic carbocycles. The van der Waals surface area contributed by atoms with Crippen molar-refractivity contribution in [3.05, 3.63) is 35.6 Å². The number of carbonyl (C=O) groups is 1. The van der Waals surface area contributed by atoms with E-state index in [4.69, 9.17) is 0 Å². The first kappa shape index (κ1) is 12.9. The lowest BCUT2D eigenvalue weighted by atomic mass is 9.87. The van der Waals surface area contributed by atoms with Crippen LogP contribution in [-0.4, -0.2) is 5.78 Å². The average Bonchev–Trinajstić information content (AvgIpc) is 2.16. The number of aryl methyl sites for hydroxylation is 1. The minimum absolute atomic E-state index is 0.209. The number of hydrogen-bond donors (Lipinski definition) is 0. The highest BCUT2D eigenvalue weighted by Gasteiger charge is 2.19. The Morgan fingerprint density at radius 3 is 2.56 bits per heavy atom. The molecule has 0 saturated heterocycles. The molecule has 0 spiro atoms. The first-order valence-electron chi connectivity index (χ1n) is 5.67. The van der Waals surface area contributed by atoms with Gasteiger partial charge in [0.2, 0.25) is 0 Å². The van der Waals surface area contributed by atoms with E-state index in [1.54, 1.807) is 6.07 Å². The second-order valence-corrected chi connectivity index (χ2v) is 5.16. The molecule has 0 bridgehead atoms. The Morgan fingerprint density at radius 1 is 1.31 bits per heavy atom. The number of halogens is 1. The molecule has 0 aliphatic rings. The average molecular weight is 222 g/mol. The fourth-order valence-corrected chi connectivity index (χ4v) is 1.52. The molecule has 0 unspecified atom stereocenters. The van der Waals surface area contributed by atoms with Gasteiger partial charge in [0, 0.05) is 11.8 Å². The van der Waals surface area contributed by atoms with Gasteiger partial charge in [0.25, 0.3) is 0 Å². The fraction of sp³-hybridized carbons (Fsp3) is 0.500. The van der Waals surface area contributed by atoms with E-state index in [0.29, 0.717) is 6.42 Å². The topological polar surface area (TPSA) is 17.1 Å². The SMILES string of the molecule is CC(C)(C)C(=O)CCCc1cccc(F)c1. The van der Waals surface area contributed by atoms with E-state index in [1.807, 2.05) is 26.8 Å². The Balaban J connectivity index is 2.39. The highest BCUT2D eigenvalue weighted by atomic mass is 19.1. The van der Waals surface area contributed by atoms with Gasteiger partial charge in [-0.25, -0.2) is 4.39 Å². The molecule has 0 aliphatic heterocycles. The Morgan fingerprint density at radius 2 is 2.00 bits per heavy atom. The van der Waals surface area contributed by atoms with Crippen LogP contribution in [0.2, 0.25) is 0 Å². The highest BCUT2D eigenvalue weighted by Crippen LogP contribution is 2.18. The molecule has 0 aliphatic carbocycles. The number of hydrogen-bond acceptors (Lipinski definition) is 1. The largest absolute Gasteiger partial charge is 0.299 e. The predicted octanol–water partition coefficient (Wildman–Crippen LogP) is 3.76. The van der Waals surface area contributed by atoms with Gasteiger partial charge in [-0.3, -0.25) is 4.79 Å². The van der Waals surface area contributed by atoms with Crippen molar-refractivity contribution in [1.82, 2.24) is 0 Å². The van der Waals surface area contributed by atoms with Gasteiger partial charge in [0.15, 0.2) is 0 Å². The zero-order valence-electron chi connectivity index (χ0n) is 10.2. The molecular formula is C14H19FO. The zero-order chi connectivity index (χ0) is 12.2. The van der Waals surface area contributed by atoms with E-state index in [2.05, 4.69) is 0 Å². The third kappa shape index (κ3) is 4.13. The van der Waals surface area contributed by atoms with Crippen molar-refractivity contribution < 1.29 is 9.18 Å². The maximum atomic E-state index is 12.9. The summed E-state index contributed by atoms with van der Waals surface area (Å²) in [6.45, 7) is 5.78. The summed E-state index contributed by atoms with van der Waals surface area (Å²) in [5.74, 6) is 0.0588. The number of carbonyl (C=O) groups excluding carboxylic acids is 1. The van der Waals surface area contributed by atoms with Crippen LogP contribution in [0.4, 0.5) is 4.39 Å². The molecule has 0 N–H and O–H groups in total. The molecule has 0 atom stereocenters. The van der Waals surface area contributed by atoms with E-state index in [0.717, 1.165) is 18.4 Å². The lowest BCUT2D eigenvalue weighted by Gasteiger charge is -2.16. The summed E-state index contributed by atoms with van der Waals surface area (Å²) in [4.78, 5) is 11.6. The van der Waals surface area contributed by atoms with Crippen molar-refractivity contribution in [3.63, 3.8) is 0 Å². The lowest BCUT2D eigenvalue weighted by Crippen LogP contribution is -2.19. The number of benzene rings is 1. The molecule has 1 rings (SSSR count). The maximum Gasteiger partial charge on any atom is 0.138 e. The van der Waals surface area contributed by atoms with Crippen molar-refractivity contribution in [3.8, 4) is 0 Å². The highest BCUT2D eigenvalue weighted by molar-refractivity contribution is 5.83. The van der Waals surface area contributed by atoms with E-state index in [1.165, 1.54) is 12.1 Å². The molecule has 1 aromatic rings. The Hall–Kier alpha value is -1.18. The van der Waals surface area contributed by atoms with Crippen molar-refractivity contribution in [2.75, 3.05) is 0 Å². The summed E-state index contributed by atoms with van der Waals surface area (Å²) in [7, 11) is 0. The fourth-order valence-electron chi connectivity index (χ4n) is 1.52. The lowest BCUT2D eigenvalue weighted by molar-refractivity contribution is -0.126. The zero-order valence-corrected chi connectivity index (χ0v) is 10.2. The maximum absolute atomic E-state index is 12.9. The molecule has 0 radical (unpaired) electrons. The summed E-state index contributed by atoms with van der Waals surface area (Å²) in [5.41, 5.74) is 0.698. The number of rotatable bonds is 4. The van der Waals surface area contributed by atoms with Gasteiger partial charge in [-0.1, -0.05) is 32.9 Å². The van der Waals surface area contributed by atoms with Gasteiger partial charge in [-0.05, 0) is 30.5 Å². The number of Topliss-reactive ketones (excluding diaryl/α,β-unsaturated/α-hetero) is 1. The Bertz CT molecular complexity index is 363. The van der Waals surface area contributed by atoms with Crippen LogP contribution in [0.1, 0.15) is 39.2 Å². The minimum atomic E-state index is -0.262. The van der Waals surface area contributed by atoms with Crippen LogP contribution in [0.25, 0.3) is 0 Å². The third-order valence-electron chi connectivity index (χ3n) is 2.59. The van der Waals surface area contributed by atoms with Crippen LogP contribution in [0.5, 0.6) is 0 Å². The molecule has 2 heteroatoms. The van der Waals surface area contributed by atoms with Gasteiger partial charge in [0.1, 0.15) is 11.6 Å². The molecular weight excluding hydrogens is 203 g/mol. The molecule has 0 saturated carbocycles. The van der Waals surface area contributed by atoms with Gasteiger partial charge in [-0.2, -0.15) is 0 Å². The van der Waals surface area contributed by atoms with Crippen molar-refractivity contribution in [1.29, 1.82) is 0 Å². The van der Waals surface area contributed by atoms with E-state index < -0.39 is 0 Å². The molecule has 0 fully saturated rings. The van der Waals surface area contributed by atoms with Crippen molar-refractivity contribution in [2.45, 2.75) is 40.0 Å². The summed E-state index contributed by atoms with van der Waals surface area (Å²) >= 11 is 0. The van der Waals surface area contributed by atoms with Gasteiger partial charge in [0.05, 0.1) is 0 Å². The quantitative estimate of drug-likeness (QED) is 0.758. The molecule has 0 aromatic heterocycles. The van der Waals surface area contributed by atoms with Gasteiger partial charge < -0.3 is 0 Å². The second kappa shape index (κ2) is 5.24. The van der Waals surface area contributed by atoms with Gasteiger partial charge >= 0.3 is 0 Å². The monoisotopic (exact) mass is 222 g/mol. The normalized spacial score (nSPS) is 11.5. The Kier molecular flexibility index (Phi) is 4.22. The van der Waals surface area contributed by atoms with Gasteiger partial charge in [-0.15, -0.1) is 0 Å². The predicted molar refractivity (Wildman–Crippen MR) is 63.8 cm³/mol. The smallest absolute Gasteiger partial charge is 0.138 e. The molecule has 16 heavy (non-hydrogen) atoms. The molecule has 1 nitrogen and oxygen atoms in total. The molecule has 0 amide bonds. The first-order chi connectivity index (χ1) is 7.39. The van der Waals surface area contributed by atoms with Crippen molar-refractivity contribution in [2.24, 2.45) is 5.41 Å². The van der Waals surface area contributed by atoms with E-state index in [-0.39, 0.29) is 17.0 Å². The van der Waals surface area contributed by atoms with Crippen LogP contribution in [0.15, 0.2) is 24.3 Å². The third-order valence-corrected chi connectivity index (χ3v) is 2.59. The molecule has 0 heterocycles. The van der Waals surface area contributed by atoms with Crippen molar-refractivity contribution >= 4 is 5.78 Å². The van der Waals surface area contributed by atoms with Crippen LogP contribution in [0.3, 0.4) is 0 Å². The summed E-state index contributed by atoms with van der Waals surface area (Å²) in [5, 5.41) is 0. The Labute approximate surface area is 96.7 Å². The van der Waals surface area contributed by atoms with Crippen LogP contribution in [0, 0.1) is 11.2 Å². The van der Waals surface area contributed by atoms with E-state index in [9.17, 15) is 9.18 Å². The van der Waals surface area contributed by atoms with E-state index >= 15 is 0 Å². The minimum Gasteiger partial charge on any atom is -0.299 e. The second-order valence-electron chi connectivity index (χ2n) is 5.16. The van der Waals surface area contributed by atoms with Crippen LogP contribution >= 0.6 is 0 Å². The summed E-state index contributed by atoms with van der Waals surface area (Å²) < 4.78 is 12.9. The van der Waals surface area contributed by atoms with Crippen LogP contribution in [-0.2, 0) is 11.2 Å². The summed E-state index contributed by atoms with van der Waals surface area (Å²) in [6.07, 6.45) is 2.12. The standard InChI is InChI=1S/C14H19FO/c1-14(2,3)13(16)9-5-7-11-6-4-8-12(15)10-11/h4,6,8,10H,5,7,9H2,1-3H3. The number of ketones is 1. The van der Waals surface area contributed by atoms with Crippen LogP contribution < -0.4 is 0 Å². The first-order valence-corrected chi connectivity index (χ1v) is 5.67. The summed E-state index contributed by atoms with van der Waals surface area (Å²) in [6, 6.07) is 6.56. The molecule has 88 valence electrons.